The normalized spacial score (nSPS) is 15.3. The second-order valence-corrected chi connectivity index (χ2v) is 9.51. The van der Waals surface area contributed by atoms with Crippen LogP contribution >= 0.6 is 0 Å². The van der Waals surface area contributed by atoms with Crippen LogP contribution in [0.1, 0.15) is 62.4 Å². The topological polar surface area (TPSA) is 170 Å². The number of benzene rings is 1. The number of carbonyl (C=O) groups is 3. The fourth-order valence-electron chi connectivity index (χ4n) is 3.83. The van der Waals surface area contributed by atoms with Crippen LogP contribution < -0.4 is 0 Å². The number of halogens is 1. The monoisotopic (exact) mass is 535 g/mol. The van der Waals surface area contributed by atoms with E-state index >= 15 is 0 Å². The Kier molecular flexibility index (Phi) is 11.7. The first-order valence-corrected chi connectivity index (χ1v) is 12.2. The molecular weight excluding hydrogens is 501 g/mol. The van der Waals surface area contributed by atoms with E-state index in [1.165, 1.54) is 12.1 Å². The van der Waals surface area contributed by atoms with Gasteiger partial charge in [0.2, 0.25) is 0 Å². The molecule has 208 valence electrons. The number of hydrogen-bond acceptors (Lipinski definition) is 8. The van der Waals surface area contributed by atoms with Gasteiger partial charge in [0.25, 0.3) is 0 Å². The van der Waals surface area contributed by atoms with E-state index in [1.54, 1.807) is 0 Å². The second kappa shape index (κ2) is 14.5. The fraction of sp³-hybridized carbons (Fsp3) is 0.500. The number of carboxylic acid groups (broad SMARTS) is 3. The number of hydrogen-bond donors (Lipinski definition) is 4. The average molecular weight is 536 g/mol. The van der Waals surface area contributed by atoms with Gasteiger partial charge in [0.15, 0.2) is 5.60 Å². The van der Waals surface area contributed by atoms with Crippen molar-refractivity contribution in [3.63, 3.8) is 0 Å². The highest BCUT2D eigenvalue weighted by Crippen LogP contribution is 2.18. The number of aromatic nitrogens is 2. The number of ether oxygens (including phenoxy) is 1. The molecule has 1 aromatic carbocycles. The zero-order chi connectivity index (χ0) is 28.3. The fourth-order valence-corrected chi connectivity index (χ4v) is 3.83. The van der Waals surface area contributed by atoms with Crippen molar-refractivity contribution in [3.05, 3.63) is 59.4 Å². The Morgan fingerprint density at radius 1 is 1.03 bits per heavy atom. The molecule has 3 rings (SSSR count). The van der Waals surface area contributed by atoms with Crippen LogP contribution in [0.5, 0.6) is 0 Å². The van der Waals surface area contributed by atoms with Gasteiger partial charge in [0, 0.05) is 50.1 Å². The number of aliphatic carboxylic acids is 3. The van der Waals surface area contributed by atoms with E-state index in [4.69, 9.17) is 25.2 Å². The SMILES string of the molecule is CC(C)c1ncc(CN(Cc2ccc(F)cc2)CC2CCCO2)cn1.O=C(O)CC(O)(CC(=O)O)C(=O)O. The van der Waals surface area contributed by atoms with Crippen LogP contribution in [0, 0.1) is 5.82 Å². The smallest absolute Gasteiger partial charge is 0.336 e. The summed E-state index contributed by atoms with van der Waals surface area (Å²) in [6.07, 6.45) is 4.04. The molecule has 1 aliphatic rings. The maximum Gasteiger partial charge on any atom is 0.336 e. The number of nitrogens with zero attached hydrogens (tertiary/aromatic N) is 3. The van der Waals surface area contributed by atoms with Crippen LogP contribution in [-0.4, -0.2) is 78.1 Å². The van der Waals surface area contributed by atoms with E-state index < -0.39 is 36.4 Å². The van der Waals surface area contributed by atoms with Crippen LogP contribution in [0.4, 0.5) is 4.39 Å². The van der Waals surface area contributed by atoms with Gasteiger partial charge < -0.3 is 25.2 Å². The van der Waals surface area contributed by atoms with Crippen molar-refractivity contribution >= 4 is 17.9 Å². The maximum atomic E-state index is 13.2. The molecule has 12 heteroatoms. The van der Waals surface area contributed by atoms with Crippen molar-refractivity contribution in [2.45, 2.75) is 70.2 Å². The van der Waals surface area contributed by atoms with Crippen molar-refractivity contribution in [2.24, 2.45) is 0 Å². The van der Waals surface area contributed by atoms with Gasteiger partial charge in [0.1, 0.15) is 11.6 Å². The summed E-state index contributed by atoms with van der Waals surface area (Å²) < 4.78 is 18.9. The maximum absolute atomic E-state index is 13.2. The molecule has 1 aromatic heterocycles. The molecular formula is C26H34FN3O8. The molecule has 1 atom stereocenters. The molecule has 11 nitrogen and oxygen atoms in total. The van der Waals surface area contributed by atoms with E-state index in [0.29, 0.717) is 5.92 Å². The second-order valence-electron chi connectivity index (χ2n) is 9.51. The van der Waals surface area contributed by atoms with Crippen LogP contribution in [-0.2, 0) is 32.2 Å². The van der Waals surface area contributed by atoms with E-state index in [0.717, 1.165) is 56.0 Å². The summed E-state index contributed by atoms with van der Waals surface area (Å²) >= 11 is 0. The van der Waals surface area contributed by atoms with Gasteiger partial charge in [-0.3, -0.25) is 14.5 Å². The molecule has 2 heterocycles. The third-order valence-electron chi connectivity index (χ3n) is 5.74. The summed E-state index contributed by atoms with van der Waals surface area (Å²) in [5.74, 6) is -4.02. The standard InChI is InChI=1S/C20H26FN3O.C6H8O7/c1-15(2)20-22-10-17(11-23-20)13-24(14-19-4-3-9-25-19)12-16-5-7-18(21)8-6-16;7-3(8)1-6(13,5(11)12)2-4(9)10/h5-8,10-11,15,19H,3-4,9,12-14H2,1-2H3;13H,1-2H2,(H,7,8)(H,9,10)(H,11,12). The van der Waals surface area contributed by atoms with Crippen molar-refractivity contribution in [2.75, 3.05) is 13.2 Å². The minimum atomic E-state index is -2.74. The highest BCUT2D eigenvalue weighted by Gasteiger charge is 2.40. The Labute approximate surface area is 219 Å². The quantitative estimate of drug-likeness (QED) is 0.315. The van der Waals surface area contributed by atoms with Gasteiger partial charge >= 0.3 is 17.9 Å². The lowest BCUT2D eigenvalue weighted by Crippen LogP contribution is -2.42. The lowest BCUT2D eigenvalue weighted by atomic mass is 9.96. The van der Waals surface area contributed by atoms with Gasteiger partial charge in [-0.15, -0.1) is 0 Å². The molecule has 0 saturated carbocycles. The number of carboxylic acids is 3. The van der Waals surface area contributed by atoms with Crippen molar-refractivity contribution in [1.29, 1.82) is 0 Å². The van der Waals surface area contributed by atoms with Gasteiger partial charge in [0.05, 0.1) is 18.9 Å². The largest absolute Gasteiger partial charge is 0.481 e. The summed E-state index contributed by atoms with van der Waals surface area (Å²) in [5, 5.41) is 33.8. The highest BCUT2D eigenvalue weighted by atomic mass is 19.1. The minimum absolute atomic E-state index is 0.202. The first kappa shape index (κ1) is 30.7. The van der Waals surface area contributed by atoms with E-state index in [9.17, 15) is 18.8 Å². The van der Waals surface area contributed by atoms with Crippen molar-refractivity contribution in [3.8, 4) is 0 Å². The highest BCUT2D eigenvalue weighted by molar-refractivity contribution is 5.88. The molecule has 0 spiro atoms. The van der Waals surface area contributed by atoms with E-state index in [-0.39, 0.29) is 11.9 Å². The predicted octanol–water partition coefficient (Wildman–Crippen LogP) is 2.67. The molecule has 1 unspecified atom stereocenters. The van der Waals surface area contributed by atoms with E-state index in [1.807, 2.05) is 24.5 Å². The summed E-state index contributed by atoms with van der Waals surface area (Å²) in [5.41, 5.74) is -0.555. The minimum Gasteiger partial charge on any atom is -0.481 e. The number of aliphatic hydroxyl groups is 1. The Bertz CT molecular complexity index is 1040. The van der Waals surface area contributed by atoms with Gasteiger partial charge in [-0.2, -0.15) is 0 Å². The molecule has 1 fully saturated rings. The molecule has 0 radical (unpaired) electrons. The molecule has 4 N–H and O–H groups in total. The van der Waals surface area contributed by atoms with Crippen LogP contribution in [0.15, 0.2) is 36.7 Å². The van der Waals surface area contributed by atoms with Crippen molar-refractivity contribution in [1.82, 2.24) is 14.9 Å². The summed E-state index contributed by atoms with van der Waals surface area (Å²) in [6, 6.07) is 6.71. The Morgan fingerprint density at radius 3 is 2.03 bits per heavy atom. The van der Waals surface area contributed by atoms with Crippen LogP contribution in [0.2, 0.25) is 0 Å². The summed E-state index contributed by atoms with van der Waals surface area (Å²) in [7, 11) is 0. The predicted molar refractivity (Wildman–Crippen MR) is 133 cm³/mol. The zero-order valence-electron chi connectivity index (χ0n) is 21.4. The summed E-state index contributed by atoms with van der Waals surface area (Å²) in [4.78, 5) is 41.7. The average Bonchev–Trinajstić information content (AvgIpc) is 3.33. The molecule has 0 aliphatic carbocycles. The molecule has 0 amide bonds. The Balaban J connectivity index is 0.000000332. The Morgan fingerprint density at radius 2 is 1.58 bits per heavy atom. The lowest BCUT2D eigenvalue weighted by molar-refractivity contribution is -0.170. The lowest BCUT2D eigenvalue weighted by Gasteiger charge is -2.25. The van der Waals surface area contributed by atoms with Crippen LogP contribution in [0.3, 0.4) is 0 Å². The van der Waals surface area contributed by atoms with Crippen LogP contribution in [0.25, 0.3) is 0 Å². The summed E-state index contributed by atoms with van der Waals surface area (Å²) in [6.45, 7) is 7.41. The van der Waals surface area contributed by atoms with Crippen molar-refractivity contribution < 1.29 is 43.9 Å². The van der Waals surface area contributed by atoms with E-state index in [2.05, 4.69) is 28.7 Å². The van der Waals surface area contributed by atoms with Gasteiger partial charge in [-0.05, 0) is 30.5 Å². The Hall–Kier alpha value is -3.48. The first-order chi connectivity index (χ1) is 17.9. The van der Waals surface area contributed by atoms with Gasteiger partial charge in [-0.25, -0.2) is 19.2 Å². The van der Waals surface area contributed by atoms with Gasteiger partial charge in [-0.1, -0.05) is 26.0 Å². The molecule has 1 saturated heterocycles. The third-order valence-corrected chi connectivity index (χ3v) is 5.74. The molecule has 38 heavy (non-hydrogen) atoms. The first-order valence-electron chi connectivity index (χ1n) is 12.2. The zero-order valence-corrected chi connectivity index (χ0v) is 21.4. The molecule has 1 aliphatic heterocycles. The molecule has 0 bridgehead atoms. The number of rotatable bonds is 12. The third kappa shape index (κ3) is 10.5. The molecule has 2 aromatic rings.